The van der Waals surface area contributed by atoms with Crippen LogP contribution >= 0.6 is 11.3 Å². The van der Waals surface area contributed by atoms with E-state index in [9.17, 15) is 9.59 Å². The zero-order chi connectivity index (χ0) is 17.8. The molecule has 1 fully saturated rings. The molecule has 1 saturated heterocycles. The largest absolute Gasteiger partial charge is 0.488 e. The molecule has 3 rings (SSSR count). The Labute approximate surface area is 148 Å². The zero-order valence-corrected chi connectivity index (χ0v) is 14.2. The molecule has 1 aliphatic heterocycles. The molecule has 2 aromatic rings. The van der Waals surface area contributed by atoms with Crippen molar-refractivity contribution in [3.8, 4) is 5.75 Å². The van der Waals surface area contributed by atoms with Gasteiger partial charge in [0.05, 0.1) is 13.0 Å². The lowest BCUT2D eigenvalue weighted by atomic mass is 10.2. The van der Waals surface area contributed by atoms with E-state index in [0.29, 0.717) is 24.4 Å². The third-order valence-electron chi connectivity index (χ3n) is 3.83. The summed E-state index contributed by atoms with van der Waals surface area (Å²) in [4.78, 5) is 24.4. The Kier molecular flexibility index (Phi) is 5.20. The van der Waals surface area contributed by atoms with Crippen molar-refractivity contribution in [3.63, 3.8) is 0 Å². The second-order valence-electron chi connectivity index (χ2n) is 5.63. The van der Waals surface area contributed by atoms with Crippen molar-refractivity contribution in [2.45, 2.75) is 19.1 Å². The van der Waals surface area contributed by atoms with Crippen LogP contribution in [-0.4, -0.2) is 36.4 Å². The Morgan fingerprint density at radius 1 is 1.36 bits per heavy atom. The first-order chi connectivity index (χ1) is 12.1. The molecule has 132 valence electrons. The molecule has 0 spiro atoms. The van der Waals surface area contributed by atoms with Gasteiger partial charge in [0.2, 0.25) is 0 Å². The number of carboxylic acids is 1. The topological polar surface area (TPSA) is 102 Å². The number of hydrogen-bond donors (Lipinski definition) is 2. The summed E-state index contributed by atoms with van der Waals surface area (Å²) in [6, 6.07) is 7.40. The van der Waals surface area contributed by atoms with Gasteiger partial charge in [-0.15, -0.1) is 11.3 Å². The van der Waals surface area contributed by atoms with Crippen LogP contribution in [0.5, 0.6) is 5.75 Å². The maximum atomic E-state index is 12.1. The highest BCUT2D eigenvalue weighted by molar-refractivity contribution is 7.08. The van der Waals surface area contributed by atoms with Crippen LogP contribution in [0.1, 0.15) is 11.1 Å². The average Bonchev–Trinajstić information content (AvgIpc) is 3.19. The molecular weight excluding hydrogens is 344 g/mol. The summed E-state index contributed by atoms with van der Waals surface area (Å²) >= 11 is 1.38. The number of rotatable bonds is 7. The third-order valence-corrected chi connectivity index (χ3v) is 4.60. The first-order valence-electron chi connectivity index (χ1n) is 7.73. The Bertz CT molecular complexity index is 759. The molecule has 0 radical (unpaired) electrons. The molecule has 1 amide bonds. The number of nitrogens with zero attached hydrogens (tertiary/aromatic N) is 1. The number of cyclic esters (lactones) is 1. The van der Waals surface area contributed by atoms with Crippen LogP contribution in [0.3, 0.4) is 0 Å². The van der Waals surface area contributed by atoms with Gasteiger partial charge in [0.25, 0.3) is 0 Å². The summed E-state index contributed by atoms with van der Waals surface area (Å²) < 4.78 is 11.0. The first-order valence-corrected chi connectivity index (χ1v) is 8.68. The number of carboxylic acid groups (broad SMARTS) is 1. The third kappa shape index (κ3) is 4.09. The molecule has 0 saturated carbocycles. The van der Waals surface area contributed by atoms with E-state index >= 15 is 0 Å². The van der Waals surface area contributed by atoms with Crippen molar-refractivity contribution in [2.75, 3.05) is 18.1 Å². The maximum Gasteiger partial charge on any atom is 0.414 e. The van der Waals surface area contributed by atoms with Gasteiger partial charge in [-0.25, -0.2) is 4.79 Å². The SMILES string of the molecule is NCc1ccc(N2CC(COc3cscc3CC(=O)O)OC2=O)cc1. The van der Waals surface area contributed by atoms with Gasteiger partial charge >= 0.3 is 12.1 Å². The lowest BCUT2D eigenvalue weighted by Crippen LogP contribution is -2.26. The first kappa shape index (κ1) is 17.2. The summed E-state index contributed by atoms with van der Waals surface area (Å²) in [6.07, 6.45) is -0.937. The monoisotopic (exact) mass is 362 g/mol. The van der Waals surface area contributed by atoms with Crippen molar-refractivity contribution < 1.29 is 24.2 Å². The highest BCUT2D eigenvalue weighted by atomic mass is 32.1. The predicted molar refractivity (Wildman–Crippen MR) is 93.1 cm³/mol. The molecule has 0 aliphatic carbocycles. The standard InChI is InChI=1S/C17H18N2O5S/c18-6-11-1-3-13(4-2-11)19-7-14(24-17(19)22)8-23-15-10-25-9-12(15)5-16(20)21/h1-4,9-10,14H,5-8,18H2,(H,20,21). The van der Waals surface area contributed by atoms with Crippen LogP contribution < -0.4 is 15.4 Å². The second-order valence-corrected chi connectivity index (χ2v) is 6.37. The van der Waals surface area contributed by atoms with Crippen molar-refractivity contribution in [1.82, 2.24) is 0 Å². The van der Waals surface area contributed by atoms with Gasteiger partial charge in [0, 0.05) is 23.2 Å². The number of aliphatic carboxylic acids is 1. The molecule has 3 N–H and O–H groups in total. The van der Waals surface area contributed by atoms with Crippen LogP contribution in [0.4, 0.5) is 10.5 Å². The fraction of sp³-hybridized carbons (Fsp3) is 0.294. The molecular formula is C17H18N2O5S. The molecule has 1 unspecified atom stereocenters. The number of ether oxygens (including phenoxy) is 2. The van der Waals surface area contributed by atoms with Crippen LogP contribution in [0.2, 0.25) is 0 Å². The smallest absolute Gasteiger partial charge is 0.414 e. The number of amides is 1. The van der Waals surface area contributed by atoms with Gasteiger partial charge in [-0.2, -0.15) is 0 Å². The highest BCUT2D eigenvalue weighted by Gasteiger charge is 2.33. The number of hydrogen-bond acceptors (Lipinski definition) is 6. The van der Waals surface area contributed by atoms with E-state index in [1.54, 1.807) is 15.7 Å². The number of thiophene rings is 1. The maximum absolute atomic E-state index is 12.1. The molecule has 8 heteroatoms. The van der Waals surface area contributed by atoms with Crippen LogP contribution in [0.15, 0.2) is 35.0 Å². The van der Waals surface area contributed by atoms with Gasteiger partial charge in [-0.1, -0.05) is 12.1 Å². The van der Waals surface area contributed by atoms with E-state index in [2.05, 4.69) is 0 Å². The Morgan fingerprint density at radius 3 is 2.80 bits per heavy atom. The summed E-state index contributed by atoms with van der Waals surface area (Å²) in [5.74, 6) is -0.392. The fourth-order valence-electron chi connectivity index (χ4n) is 2.54. The Morgan fingerprint density at radius 2 is 2.12 bits per heavy atom. The lowest BCUT2D eigenvalue weighted by Gasteiger charge is -2.13. The zero-order valence-electron chi connectivity index (χ0n) is 13.4. The summed E-state index contributed by atoms with van der Waals surface area (Å²) in [7, 11) is 0. The van der Waals surface area contributed by atoms with E-state index < -0.39 is 18.2 Å². The van der Waals surface area contributed by atoms with Gasteiger partial charge in [-0.3, -0.25) is 9.69 Å². The molecule has 25 heavy (non-hydrogen) atoms. The number of carbonyl (C=O) groups excluding carboxylic acids is 1. The minimum Gasteiger partial charge on any atom is -0.488 e. The van der Waals surface area contributed by atoms with Crippen LogP contribution in [0.25, 0.3) is 0 Å². The van der Waals surface area contributed by atoms with Crippen molar-refractivity contribution in [3.05, 3.63) is 46.2 Å². The lowest BCUT2D eigenvalue weighted by molar-refractivity contribution is -0.136. The minimum absolute atomic E-state index is 0.0943. The van der Waals surface area contributed by atoms with Gasteiger partial charge in [0.1, 0.15) is 12.4 Å². The highest BCUT2D eigenvalue weighted by Crippen LogP contribution is 2.26. The molecule has 1 atom stereocenters. The van der Waals surface area contributed by atoms with E-state index in [0.717, 1.165) is 11.3 Å². The van der Waals surface area contributed by atoms with Crippen LogP contribution in [0, 0.1) is 0 Å². The van der Waals surface area contributed by atoms with E-state index in [1.807, 2.05) is 24.3 Å². The number of carbonyl (C=O) groups is 2. The fourth-order valence-corrected chi connectivity index (χ4v) is 3.32. The minimum atomic E-state index is -0.914. The summed E-state index contributed by atoms with van der Waals surface area (Å²) in [6.45, 7) is 0.992. The molecule has 1 aromatic heterocycles. The number of anilines is 1. The van der Waals surface area contributed by atoms with E-state index in [-0.39, 0.29) is 13.0 Å². The molecule has 0 bridgehead atoms. The Balaban J connectivity index is 1.59. The quantitative estimate of drug-likeness (QED) is 0.783. The molecule has 2 heterocycles. The van der Waals surface area contributed by atoms with Crippen molar-refractivity contribution in [2.24, 2.45) is 5.73 Å². The van der Waals surface area contributed by atoms with Crippen molar-refractivity contribution >= 4 is 29.1 Å². The second kappa shape index (κ2) is 7.54. The summed E-state index contributed by atoms with van der Waals surface area (Å²) in [5.41, 5.74) is 7.92. The number of nitrogens with two attached hydrogens (primary N) is 1. The van der Waals surface area contributed by atoms with Gasteiger partial charge in [-0.05, 0) is 23.1 Å². The summed E-state index contributed by atoms with van der Waals surface area (Å²) in [5, 5.41) is 12.4. The van der Waals surface area contributed by atoms with Crippen molar-refractivity contribution in [1.29, 1.82) is 0 Å². The normalized spacial score (nSPS) is 16.8. The molecule has 1 aromatic carbocycles. The van der Waals surface area contributed by atoms with E-state index in [4.69, 9.17) is 20.3 Å². The van der Waals surface area contributed by atoms with Gasteiger partial charge < -0.3 is 20.3 Å². The van der Waals surface area contributed by atoms with Gasteiger partial charge in [0.15, 0.2) is 6.10 Å². The van der Waals surface area contributed by atoms with Crippen LogP contribution in [-0.2, 0) is 22.5 Å². The Hall–Kier alpha value is -2.58. The predicted octanol–water partition coefficient (Wildman–Crippen LogP) is 2.24. The molecule has 1 aliphatic rings. The number of benzene rings is 1. The molecule has 7 nitrogen and oxygen atoms in total. The average molecular weight is 362 g/mol. The van der Waals surface area contributed by atoms with E-state index in [1.165, 1.54) is 11.3 Å².